The second-order valence-corrected chi connectivity index (χ2v) is 2.94. The first kappa shape index (κ1) is 10.5. The van der Waals surface area contributed by atoms with Crippen LogP contribution >= 0.6 is 0 Å². The largest absolute Gasteiger partial charge is 0.393 e. The zero-order chi connectivity index (χ0) is 10.4. The van der Waals surface area contributed by atoms with Gasteiger partial charge < -0.3 is 10.2 Å². The lowest BCUT2D eigenvalue weighted by Gasteiger charge is -2.23. The van der Waals surface area contributed by atoms with Gasteiger partial charge in [0.25, 0.3) is 0 Å². The van der Waals surface area contributed by atoms with E-state index in [0.29, 0.717) is 5.56 Å². The molecule has 5 nitrogen and oxygen atoms in total. The van der Waals surface area contributed by atoms with Crippen molar-refractivity contribution in [2.24, 2.45) is 5.11 Å². The van der Waals surface area contributed by atoms with Crippen LogP contribution in [-0.2, 0) is 5.60 Å². The van der Waals surface area contributed by atoms with Crippen LogP contribution in [0.15, 0.2) is 35.4 Å². The molecule has 0 bridgehead atoms. The Hall–Kier alpha value is -1.55. The van der Waals surface area contributed by atoms with Gasteiger partial charge in [0.1, 0.15) is 5.60 Å². The Kier molecular flexibility index (Phi) is 3.48. The standard InChI is InChI=1S/C9H11N3O2/c10-12-11-6-9(14,7-13)8-4-2-1-3-5-8/h1-5,13-14H,6-7H2. The summed E-state index contributed by atoms with van der Waals surface area (Å²) in [6, 6.07) is 8.62. The first-order valence-electron chi connectivity index (χ1n) is 4.12. The zero-order valence-electron chi connectivity index (χ0n) is 7.54. The van der Waals surface area contributed by atoms with Crippen molar-refractivity contribution in [2.45, 2.75) is 5.60 Å². The second-order valence-electron chi connectivity index (χ2n) is 2.94. The third-order valence-electron chi connectivity index (χ3n) is 1.97. The number of rotatable bonds is 4. The highest BCUT2D eigenvalue weighted by molar-refractivity contribution is 5.22. The number of benzene rings is 1. The van der Waals surface area contributed by atoms with Gasteiger partial charge in [0, 0.05) is 4.91 Å². The molecule has 0 aliphatic carbocycles. The summed E-state index contributed by atoms with van der Waals surface area (Å²) in [6.07, 6.45) is 0. The zero-order valence-corrected chi connectivity index (χ0v) is 7.54. The molecule has 0 aromatic heterocycles. The van der Waals surface area contributed by atoms with Crippen LogP contribution in [0.2, 0.25) is 0 Å². The summed E-state index contributed by atoms with van der Waals surface area (Å²) in [7, 11) is 0. The van der Waals surface area contributed by atoms with E-state index in [9.17, 15) is 5.11 Å². The maximum atomic E-state index is 9.91. The predicted molar refractivity (Wildman–Crippen MR) is 51.4 cm³/mol. The molecule has 14 heavy (non-hydrogen) atoms. The molecule has 0 heterocycles. The predicted octanol–water partition coefficient (Wildman–Crippen LogP) is 1.18. The molecule has 2 N–H and O–H groups in total. The molecule has 1 aromatic carbocycles. The summed E-state index contributed by atoms with van der Waals surface area (Å²) in [5, 5.41) is 22.2. The van der Waals surface area contributed by atoms with Gasteiger partial charge >= 0.3 is 0 Å². The Bertz CT molecular complexity index is 335. The number of azide groups is 1. The summed E-state index contributed by atoms with van der Waals surface area (Å²) < 4.78 is 0. The average Bonchev–Trinajstić information content (AvgIpc) is 2.27. The Morgan fingerprint density at radius 3 is 2.50 bits per heavy atom. The lowest BCUT2D eigenvalue weighted by Crippen LogP contribution is -2.33. The van der Waals surface area contributed by atoms with Crippen LogP contribution in [0.4, 0.5) is 0 Å². The van der Waals surface area contributed by atoms with Gasteiger partial charge in [-0.3, -0.25) is 0 Å². The molecular formula is C9H11N3O2. The topological polar surface area (TPSA) is 89.2 Å². The molecule has 0 spiro atoms. The van der Waals surface area contributed by atoms with E-state index < -0.39 is 12.2 Å². The van der Waals surface area contributed by atoms with Crippen molar-refractivity contribution in [3.63, 3.8) is 0 Å². The summed E-state index contributed by atoms with van der Waals surface area (Å²) in [4.78, 5) is 2.55. The Labute approximate surface area is 81.2 Å². The molecule has 0 aliphatic heterocycles. The van der Waals surface area contributed by atoms with Crippen LogP contribution in [0.5, 0.6) is 0 Å². The highest BCUT2D eigenvalue weighted by Gasteiger charge is 2.27. The number of aliphatic hydroxyl groups excluding tert-OH is 1. The van der Waals surface area contributed by atoms with Crippen molar-refractivity contribution < 1.29 is 10.2 Å². The molecule has 74 valence electrons. The maximum absolute atomic E-state index is 9.91. The van der Waals surface area contributed by atoms with Crippen molar-refractivity contribution in [3.05, 3.63) is 46.3 Å². The maximum Gasteiger partial charge on any atom is 0.118 e. The van der Waals surface area contributed by atoms with E-state index >= 15 is 0 Å². The van der Waals surface area contributed by atoms with E-state index in [-0.39, 0.29) is 6.54 Å². The molecule has 5 heteroatoms. The third-order valence-corrected chi connectivity index (χ3v) is 1.97. The molecule has 0 radical (unpaired) electrons. The minimum absolute atomic E-state index is 0.177. The molecule has 1 aromatic rings. The molecule has 1 atom stereocenters. The quantitative estimate of drug-likeness (QED) is 0.427. The van der Waals surface area contributed by atoms with Gasteiger partial charge in [-0.15, -0.1) is 0 Å². The van der Waals surface area contributed by atoms with E-state index in [4.69, 9.17) is 10.6 Å². The average molecular weight is 193 g/mol. The molecule has 1 unspecified atom stereocenters. The summed E-state index contributed by atoms with van der Waals surface area (Å²) in [6.45, 7) is -0.653. The monoisotopic (exact) mass is 193 g/mol. The van der Waals surface area contributed by atoms with Crippen LogP contribution in [-0.4, -0.2) is 23.4 Å². The third kappa shape index (κ3) is 2.23. The highest BCUT2D eigenvalue weighted by Crippen LogP contribution is 2.20. The van der Waals surface area contributed by atoms with Crippen molar-refractivity contribution >= 4 is 0 Å². The molecule has 0 amide bonds. The van der Waals surface area contributed by atoms with E-state index in [1.807, 2.05) is 0 Å². The highest BCUT2D eigenvalue weighted by atomic mass is 16.3. The lowest BCUT2D eigenvalue weighted by atomic mass is 9.95. The van der Waals surface area contributed by atoms with E-state index in [2.05, 4.69) is 10.0 Å². The van der Waals surface area contributed by atoms with Crippen molar-refractivity contribution in [1.29, 1.82) is 0 Å². The number of aliphatic hydroxyl groups is 2. The SMILES string of the molecule is [N-]=[N+]=NCC(O)(CO)c1ccccc1. The number of hydrogen-bond donors (Lipinski definition) is 2. The summed E-state index contributed by atoms with van der Waals surface area (Å²) in [5.74, 6) is 0. The van der Waals surface area contributed by atoms with Crippen LogP contribution in [0.25, 0.3) is 10.4 Å². The molecular weight excluding hydrogens is 182 g/mol. The number of nitrogens with zero attached hydrogens (tertiary/aromatic N) is 3. The Morgan fingerprint density at radius 1 is 1.36 bits per heavy atom. The van der Waals surface area contributed by atoms with Crippen molar-refractivity contribution in [3.8, 4) is 0 Å². The molecule has 0 fully saturated rings. The van der Waals surface area contributed by atoms with E-state index in [1.165, 1.54) is 0 Å². The lowest BCUT2D eigenvalue weighted by molar-refractivity contribution is -0.0109. The van der Waals surface area contributed by atoms with Gasteiger partial charge in [-0.25, -0.2) is 0 Å². The minimum atomic E-state index is -1.48. The first-order valence-corrected chi connectivity index (χ1v) is 4.12. The van der Waals surface area contributed by atoms with Gasteiger partial charge in [0.05, 0.1) is 13.2 Å². The summed E-state index contributed by atoms with van der Waals surface area (Å²) in [5.41, 5.74) is 7.20. The van der Waals surface area contributed by atoms with Gasteiger partial charge in [0.2, 0.25) is 0 Å². The van der Waals surface area contributed by atoms with Crippen LogP contribution in [0.3, 0.4) is 0 Å². The van der Waals surface area contributed by atoms with E-state index in [0.717, 1.165) is 0 Å². The molecule has 0 saturated heterocycles. The fraction of sp³-hybridized carbons (Fsp3) is 0.333. The number of hydrogen-bond acceptors (Lipinski definition) is 3. The first-order chi connectivity index (χ1) is 6.73. The normalized spacial score (nSPS) is 14.1. The Morgan fingerprint density at radius 2 is 2.00 bits per heavy atom. The van der Waals surface area contributed by atoms with Gasteiger partial charge in [0.15, 0.2) is 0 Å². The Balaban J connectivity index is 2.95. The molecule has 1 rings (SSSR count). The molecule has 0 saturated carbocycles. The van der Waals surface area contributed by atoms with Crippen LogP contribution < -0.4 is 0 Å². The van der Waals surface area contributed by atoms with Gasteiger partial charge in [-0.2, -0.15) is 0 Å². The van der Waals surface area contributed by atoms with Crippen LogP contribution in [0.1, 0.15) is 5.56 Å². The molecule has 0 aliphatic rings. The van der Waals surface area contributed by atoms with Gasteiger partial charge in [-0.05, 0) is 11.1 Å². The van der Waals surface area contributed by atoms with E-state index in [1.54, 1.807) is 30.3 Å². The summed E-state index contributed by atoms with van der Waals surface area (Å²) >= 11 is 0. The second kappa shape index (κ2) is 4.62. The van der Waals surface area contributed by atoms with Crippen molar-refractivity contribution in [1.82, 2.24) is 0 Å². The fourth-order valence-electron chi connectivity index (χ4n) is 1.13. The van der Waals surface area contributed by atoms with Crippen LogP contribution in [0, 0.1) is 0 Å². The minimum Gasteiger partial charge on any atom is -0.393 e. The smallest absolute Gasteiger partial charge is 0.118 e. The van der Waals surface area contributed by atoms with Crippen molar-refractivity contribution in [2.75, 3.05) is 13.2 Å². The van der Waals surface area contributed by atoms with Gasteiger partial charge in [-0.1, -0.05) is 35.4 Å². The fourth-order valence-corrected chi connectivity index (χ4v) is 1.13.